The Morgan fingerprint density at radius 2 is 2.14 bits per heavy atom. The molecular weight excluding hydrogens is 284 g/mol. The van der Waals surface area contributed by atoms with Gasteiger partial charge < -0.3 is 4.74 Å². The van der Waals surface area contributed by atoms with Crippen molar-refractivity contribution >= 4 is 22.1 Å². The smallest absolute Gasteiger partial charge is 0.195 e. The lowest BCUT2D eigenvalue weighted by molar-refractivity contribution is 0.102. The quantitative estimate of drug-likeness (QED) is 0.685. The molecule has 3 aromatic rings. The summed E-state index contributed by atoms with van der Waals surface area (Å²) in [6, 6.07) is 7.87. The summed E-state index contributed by atoms with van der Waals surface area (Å²) in [6.07, 6.45) is 1.96. The molecule has 0 saturated carbocycles. The molecule has 21 heavy (non-hydrogen) atoms. The van der Waals surface area contributed by atoms with Crippen molar-refractivity contribution in [1.29, 1.82) is 0 Å². The van der Waals surface area contributed by atoms with Crippen LogP contribution in [0.15, 0.2) is 30.5 Å². The van der Waals surface area contributed by atoms with E-state index in [4.69, 9.17) is 4.74 Å². The highest BCUT2D eigenvalue weighted by Crippen LogP contribution is 2.32. The molecule has 4 nitrogen and oxygen atoms in total. The summed E-state index contributed by atoms with van der Waals surface area (Å²) >= 11 is 1.43. The molecule has 3 rings (SSSR count). The Labute approximate surface area is 127 Å². The van der Waals surface area contributed by atoms with Gasteiger partial charge >= 0.3 is 0 Å². The first kappa shape index (κ1) is 13.8. The van der Waals surface area contributed by atoms with Gasteiger partial charge in [-0.1, -0.05) is 23.5 Å². The molecule has 0 saturated heterocycles. The second-order valence-corrected chi connectivity index (χ2v) is 5.76. The van der Waals surface area contributed by atoms with E-state index in [1.807, 2.05) is 48.7 Å². The van der Waals surface area contributed by atoms with Crippen LogP contribution >= 0.6 is 11.3 Å². The molecule has 0 N–H and O–H groups in total. The van der Waals surface area contributed by atoms with Crippen molar-refractivity contribution in [2.75, 3.05) is 6.61 Å². The number of imidazole rings is 1. The SMILES string of the molecule is CCOc1ccccc1-c1cn2c(C)c(C(C)=O)sc2n1. The van der Waals surface area contributed by atoms with Gasteiger partial charge in [0.2, 0.25) is 0 Å². The zero-order valence-corrected chi connectivity index (χ0v) is 13.0. The van der Waals surface area contributed by atoms with Crippen molar-refractivity contribution in [1.82, 2.24) is 9.38 Å². The number of ether oxygens (including phenoxy) is 1. The van der Waals surface area contributed by atoms with Crippen LogP contribution in [0.3, 0.4) is 0 Å². The third-order valence-corrected chi connectivity index (χ3v) is 4.60. The van der Waals surface area contributed by atoms with Crippen LogP contribution < -0.4 is 4.74 Å². The minimum Gasteiger partial charge on any atom is -0.493 e. The molecular formula is C16H16N2O2S. The van der Waals surface area contributed by atoms with Gasteiger partial charge in [-0.3, -0.25) is 9.20 Å². The Bertz CT molecular complexity index is 817. The van der Waals surface area contributed by atoms with Crippen LogP contribution in [-0.2, 0) is 0 Å². The number of hydrogen-bond donors (Lipinski definition) is 0. The summed E-state index contributed by atoms with van der Waals surface area (Å²) in [5.41, 5.74) is 2.78. The summed E-state index contributed by atoms with van der Waals surface area (Å²) < 4.78 is 7.63. The maximum Gasteiger partial charge on any atom is 0.195 e. The van der Waals surface area contributed by atoms with Crippen molar-refractivity contribution in [3.63, 3.8) is 0 Å². The average Bonchev–Trinajstić information content (AvgIpc) is 3.00. The van der Waals surface area contributed by atoms with E-state index in [1.54, 1.807) is 6.92 Å². The maximum absolute atomic E-state index is 11.6. The molecule has 2 aromatic heterocycles. The molecule has 0 radical (unpaired) electrons. The van der Waals surface area contributed by atoms with Crippen LogP contribution in [-0.4, -0.2) is 21.8 Å². The number of fused-ring (bicyclic) bond motifs is 1. The highest BCUT2D eigenvalue weighted by Gasteiger charge is 2.16. The van der Waals surface area contributed by atoms with Crippen LogP contribution in [0, 0.1) is 6.92 Å². The van der Waals surface area contributed by atoms with E-state index in [9.17, 15) is 4.79 Å². The van der Waals surface area contributed by atoms with Crippen LogP contribution in [0.1, 0.15) is 29.2 Å². The lowest BCUT2D eigenvalue weighted by atomic mass is 10.1. The average molecular weight is 300 g/mol. The van der Waals surface area contributed by atoms with Gasteiger partial charge in [-0.15, -0.1) is 0 Å². The Hall–Kier alpha value is -2.14. The molecule has 0 atom stereocenters. The number of hydrogen-bond acceptors (Lipinski definition) is 4. The number of carbonyl (C=O) groups is 1. The van der Waals surface area contributed by atoms with Crippen molar-refractivity contribution in [2.24, 2.45) is 0 Å². The Morgan fingerprint density at radius 1 is 1.38 bits per heavy atom. The zero-order chi connectivity index (χ0) is 15.0. The predicted molar refractivity (Wildman–Crippen MR) is 84.4 cm³/mol. The number of Topliss-reactive ketones (excluding diaryl/α,β-unsaturated/α-hetero) is 1. The lowest BCUT2D eigenvalue weighted by Gasteiger charge is -2.07. The van der Waals surface area contributed by atoms with Gasteiger partial charge in [0, 0.05) is 24.4 Å². The number of benzene rings is 1. The number of rotatable bonds is 4. The molecule has 1 aromatic carbocycles. The van der Waals surface area contributed by atoms with Gasteiger partial charge in [0.1, 0.15) is 5.75 Å². The first-order valence-corrected chi connectivity index (χ1v) is 7.65. The van der Waals surface area contributed by atoms with E-state index in [-0.39, 0.29) is 5.78 Å². The molecule has 0 aliphatic rings. The van der Waals surface area contributed by atoms with Crippen LogP contribution in [0.25, 0.3) is 16.2 Å². The maximum atomic E-state index is 11.6. The zero-order valence-electron chi connectivity index (χ0n) is 12.2. The van der Waals surface area contributed by atoms with E-state index < -0.39 is 0 Å². The Balaban J connectivity index is 2.12. The largest absolute Gasteiger partial charge is 0.493 e. The van der Waals surface area contributed by atoms with E-state index in [2.05, 4.69) is 4.98 Å². The number of ketones is 1. The summed E-state index contributed by atoms with van der Waals surface area (Å²) in [4.78, 5) is 17.8. The van der Waals surface area contributed by atoms with E-state index in [0.29, 0.717) is 6.61 Å². The fourth-order valence-electron chi connectivity index (χ4n) is 2.37. The highest BCUT2D eigenvalue weighted by molar-refractivity contribution is 7.19. The van der Waals surface area contributed by atoms with E-state index in [0.717, 1.165) is 32.5 Å². The van der Waals surface area contributed by atoms with Crippen molar-refractivity contribution in [2.45, 2.75) is 20.8 Å². The summed E-state index contributed by atoms with van der Waals surface area (Å²) in [7, 11) is 0. The monoisotopic (exact) mass is 300 g/mol. The van der Waals surface area contributed by atoms with Crippen LogP contribution in [0.2, 0.25) is 0 Å². The second kappa shape index (κ2) is 5.33. The summed E-state index contributed by atoms with van der Waals surface area (Å²) in [5.74, 6) is 0.912. The molecule has 0 spiro atoms. The molecule has 0 aliphatic carbocycles. The van der Waals surface area contributed by atoms with Gasteiger partial charge in [-0.2, -0.15) is 0 Å². The molecule has 5 heteroatoms. The molecule has 0 fully saturated rings. The van der Waals surface area contributed by atoms with E-state index >= 15 is 0 Å². The van der Waals surface area contributed by atoms with Crippen molar-refractivity contribution in [3.8, 4) is 17.0 Å². The van der Waals surface area contributed by atoms with Crippen molar-refractivity contribution < 1.29 is 9.53 Å². The highest BCUT2D eigenvalue weighted by atomic mass is 32.1. The van der Waals surface area contributed by atoms with Gasteiger partial charge in [0.15, 0.2) is 10.7 Å². The number of thiazole rings is 1. The Morgan fingerprint density at radius 3 is 2.81 bits per heavy atom. The normalized spacial score (nSPS) is 11.0. The second-order valence-electron chi connectivity index (χ2n) is 4.78. The topological polar surface area (TPSA) is 43.6 Å². The third kappa shape index (κ3) is 2.34. The fraction of sp³-hybridized carbons (Fsp3) is 0.250. The van der Waals surface area contributed by atoms with Gasteiger partial charge in [0.25, 0.3) is 0 Å². The minimum absolute atomic E-state index is 0.0827. The van der Waals surface area contributed by atoms with Gasteiger partial charge in [-0.05, 0) is 26.0 Å². The fourth-order valence-corrected chi connectivity index (χ4v) is 3.37. The lowest BCUT2D eigenvalue weighted by Crippen LogP contribution is -1.94. The number of para-hydroxylation sites is 1. The third-order valence-electron chi connectivity index (χ3n) is 3.34. The van der Waals surface area contributed by atoms with Crippen molar-refractivity contribution in [3.05, 3.63) is 41.0 Å². The summed E-state index contributed by atoms with van der Waals surface area (Å²) in [6.45, 7) is 6.11. The molecule has 0 amide bonds. The molecule has 0 bridgehead atoms. The Kier molecular flexibility index (Phi) is 3.51. The summed E-state index contributed by atoms with van der Waals surface area (Å²) in [5, 5.41) is 0. The van der Waals surface area contributed by atoms with Gasteiger partial charge in [0.05, 0.1) is 17.2 Å². The van der Waals surface area contributed by atoms with E-state index in [1.165, 1.54) is 11.3 Å². The number of carbonyl (C=O) groups excluding carboxylic acids is 1. The standard InChI is InChI=1S/C16H16N2O2S/c1-4-20-14-8-6-5-7-12(14)13-9-18-10(2)15(11(3)19)21-16(18)17-13/h5-9H,4H2,1-3H3. The number of aryl methyl sites for hydroxylation is 1. The molecule has 0 unspecified atom stereocenters. The van der Waals surface area contributed by atoms with Crippen LogP contribution in [0.5, 0.6) is 5.75 Å². The minimum atomic E-state index is 0.0827. The molecule has 108 valence electrons. The first-order valence-electron chi connectivity index (χ1n) is 6.83. The predicted octanol–water partition coefficient (Wildman–Crippen LogP) is 3.97. The molecule has 2 heterocycles. The van der Waals surface area contributed by atoms with Gasteiger partial charge in [-0.25, -0.2) is 4.98 Å². The first-order chi connectivity index (χ1) is 10.1. The number of aromatic nitrogens is 2. The molecule has 0 aliphatic heterocycles. The number of nitrogens with zero attached hydrogens (tertiary/aromatic N) is 2. The van der Waals surface area contributed by atoms with Crippen LogP contribution in [0.4, 0.5) is 0 Å².